The molecule has 1 saturated carbocycles. The molecule has 1 aliphatic carbocycles. The van der Waals surface area contributed by atoms with E-state index in [0.717, 1.165) is 26.1 Å². The summed E-state index contributed by atoms with van der Waals surface area (Å²) in [5.74, 6) is 0.385. The molecule has 1 atom stereocenters. The van der Waals surface area contributed by atoms with Gasteiger partial charge < -0.3 is 5.73 Å². The van der Waals surface area contributed by atoms with Gasteiger partial charge in [-0.1, -0.05) is 25.1 Å². The minimum atomic E-state index is 0.385. The minimum absolute atomic E-state index is 0.385. The Labute approximate surface area is 126 Å². The molecule has 0 spiro atoms. The molecule has 2 aliphatic rings. The van der Waals surface area contributed by atoms with Crippen molar-refractivity contribution in [3.8, 4) is 0 Å². The van der Waals surface area contributed by atoms with E-state index in [2.05, 4.69) is 21.8 Å². The first-order valence-electron chi connectivity index (χ1n) is 7.78. The third-order valence-electron chi connectivity index (χ3n) is 4.66. The molecule has 1 aliphatic heterocycles. The van der Waals surface area contributed by atoms with E-state index >= 15 is 0 Å². The Kier molecular flexibility index (Phi) is 4.36. The lowest BCUT2D eigenvalue weighted by molar-refractivity contribution is 0.194. The maximum absolute atomic E-state index is 5.79. The van der Waals surface area contributed by atoms with Gasteiger partial charge in [-0.05, 0) is 38.3 Å². The summed E-state index contributed by atoms with van der Waals surface area (Å²) in [5.41, 5.74) is 6.98. The van der Waals surface area contributed by atoms with Crippen molar-refractivity contribution in [2.75, 3.05) is 13.1 Å². The molecule has 0 radical (unpaired) electrons. The quantitative estimate of drug-likeness (QED) is 0.866. The predicted molar refractivity (Wildman–Crippen MR) is 84.5 cm³/mol. The summed E-state index contributed by atoms with van der Waals surface area (Å²) in [6, 6.07) is 2.80. The van der Waals surface area contributed by atoms with Crippen molar-refractivity contribution in [1.82, 2.24) is 14.7 Å². The molecule has 1 saturated heterocycles. The van der Waals surface area contributed by atoms with E-state index < -0.39 is 0 Å². The zero-order valence-corrected chi connectivity index (χ0v) is 12.8. The van der Waals surface area contributed by atoms with Crippen LogP contribution in [0.5, 0.6) is 0 Å². The number of hydrogen-bond donors (Lipinski definition) is 1. The minimum Gasteiger partial charge on any atom is -0.393 e. The Morgan fingerprint density at radius 1 is 1.30 bits per heavy atom. The number of rotatable bonds is 4. The van der Waals surface area contributed by atoms with Gasteiger partial charge in [0.05, 0.1) is 16.7 Å². The maximum Gasteiger partial charge on any atom is 0.0771 e. The fourth-order valence-electron chi connectivity index (χ4n) is 3.49. The first-order valence-corrected chi connectivity index (χ1v) is 8.19. The van der Waals surface area contributed by atoms with Gasteiger partial charge in [0.2, 0.25) is 0 Å². The smallest absolute Gasteiger partial charge is 0.0771 e. The highest BCUT2D eigenvalue weighted by atomic mass is 32.1. The lowest BCUT2D eigenvalue weighted by Gasteiger charge is -2.31. The molecule has 1 aromatic heterocycles. The van der Waals surface area contributed by atoms with Gasteiger partial charge in [0.1, 0.15) is 0 Å². The van der Waals surface area contributed by atoms with E-state index in [-0.39, 0.29) is 0 Å². The lowest BCUT2D eigenvalue weighted by atomic mass is 9.98. The second-order valence-electron chi connectivity index (χ2n) is 6.20. The average molecular weight is 292 g/mol. The SMILES string of the molecule is NC(=S)C1CCCN(Cc2ccn(C3CCCC3)n2)C1. The van der Waals surface area contributed by atoms with Gasteiger partial charge in [0, 0.05) is 25.2 Å². The second kappa shape index (κ2) is 6.22. The highest BCUT2D eigenvalue weighted by Crippen LogP contribution is 2.29. The van der Waals surface area contributed by atoms with E-state index in [0.29, 0.717) is 16.9 Å². The molecule has 0 aromatic carbocycles. The molecule has 1 aromatic rings. The second-order valence-corrected chi connectivity index (χ2v) is 6.67. The lowest BCUT2D eigenvalue weighted by Crippen LogP contribution is -2.40. The molecular weight excluding hydrogens is 268 g/mol. The monoisotopic (exact) mass is 292 g/mol. The Hall–Kier alpha value is -0.940. The Morgan fingerprint density at radius 3 is 2.85 bits per heavy atom. The summed E-state index contributed by atoms with van der Waals surface area (Å²) in [5, 5.41) is 4.77. The summed E-state index contributed by atoms with van der Waals surface area (Å²) < 4.78 is 2.18. The first-order chi connectivity index (χ1) is 9.72. The van der Waals surface area contributed by atoms with E-state index in [9.17, 15) is 0 Å². The van der Waals surface area contributed by atoms with Crippen LogP contribution in [0.15, 0.2) is 12.3 Å². The molecule has 5 heteroatoms. The van der Waals surface area contributed by atoms with Crippen molar-refractivity contribution >= 4 is 17.2 Å². The van der Waals surface area contributed by atoms with Crippen molar-refractivity contribution < 1.29 is 0 Å². The van der Waals surface area contributed by atoms with E-state index in [1.165, 1.54) is 37.8 Å². The number of aromatic nitrogens is 2. The fraction of sp³-hybridized carbons (Fsp3) is 0.733. The normalized spacial score (nSPS) is 25.1. The highest BCUT2D eigenvalue weighted by Gasteiger charge is 2.23. The Bertz CT molecular complexity index is 464. The van der Waals surface area contributed by atoms with E-state index in [1.54, 1.807) is 0 Å². The number of likely N-dealkylation sites (tertiary alicyclic amines) is 1. The van der Waals surface area contributed by atoms with Crippen LogP contribution >= 0.6 is 12.2 Å². The molecule has 4 nitrogen and oxygen atoms in total. The molecule has 3 rings (SSSR count). The molecule has 2 N–H and O–H groups in total. The first kappa shape index (κ1) is 14.0. The van der Waals surface area contributed by atoms with Gasteiger partial charge in [-0.3, -0.25) is 9.58 Å². The van der Waals surface area contributed by atoms with Crippen LogP contribution in [-0.4, -0.2) is 32.8 Å². The van der Waals surface area contributed by atoms with E-state index in [4.69, 9.17) is 23.1 Å². The highest BCUT2D eigenvalue weighted by molar-refractivity contribution is 7.80. The predicted octanol–water partition coefficient (Wildman–Crippen LogP) is 2.50. The van der Waals surface area contributed by atoms with Crippen molar-refractivity contribution in [3.05, 3.63) is 18.0 Å². The van der Waals surface area contributed by atoms with Crippen molar-refractivity contribution in [2.24, 2.45) is 11.7 Å². The zero-order chi connectivity index (χ0) is 13.9. The third-order valence-corrected chi connectivity index (χ3v) is 4.99. The summed E-state index contributed by atoms with van der Waals surface area (Å²) >= 11 is 5.14. The molecule has 1 unspecified atom stereocenters. The topological polar surface area (TPSA) is 47.1 Å². The van der Waals surface area contributed by atoms with Gasteiger partial charge in [0.15, 0.2) is 0 Å². The molecule has 2 fully saturated rings. The van der Waals surface area contributed by atoms with Crippen LogP contribution in [0.4, 0.5) is 0 Å². The van der Waals surface area contributed by atoms with Crippen LogP contribution in [0.25, 0.3) is 0 Å². The maximum atomic E-state index is 5.79. The van der Waals surface area contributed by atoms with Gasteiger partial charge in [-0.15, -0.1) is 0 Å². The van der Waals surface area contributed by atoms with Gasteiger partial charge in [-0.25, -0.2) is 0 Å². The number of nitrogens with zero attached hydrogens (tertiary/aromatic N) is 3. The number of hydrogen-bond acceptors (Lipinski definition) is 3. The van der Waals surface area contributed by atoms with Crippen LogP contribution in [-0.2, 0) is 6.54 Å². The van der Waals surface area contributed by atoms with E-state index in [1.807, 2.05) is 0 Å². The Balaban J connectivity index is 1.58. The standard InChI is InChI=1S/C15H24N4S/c16-15(20)12-4-3-8-18(10-12)11-13-7-9-19(17-13)14-5-1-2-6-14/h7,9,12,14H,1-6,8,10-11H2,(H2,16,20). The molecule has 0 bridgehead atoms. The van der Waals surface area contributed by atoms with Crippen LogP contribution in [0.2, 0.25) is 0 Å². The summed E-state index contributed by atoms with van der Waals surface area (Å²) in [6.07, 6.45) is 9.75. The number of thiocarbonyl (C=S) groups is 1. The Morgan fingerprint density at radius 2 is 2.10 bits per heavy atom. The largest absolute Gasteiger partial charge is 0.393 e. The van der Waals surface area contributed by atoms with Gasteiger partial charge in [0.25, 0.3) is 0 Å². The van der Waals surface area contributed by atoms with Crippen LogP contribution < -0.4 is 5.73 Å². The number of nitrogens with two attached hydrogens (primary N) is 1. The summed E-state index contributed by atoms with van der Waals surface area (Å²) in [4.78, 5) is 3.11. The van der Waals surface area contributed by atoms with Crippen LogP contribution in [0.3, 0.4) is 0 Å². The zero-order valence-electron chi connectivity index (χ0n) is 12.0. The third kappa shape index (κ3) is 3.20. The van der Waals surface area contributed by atoms with Crippen LogP contribution in [0, 0.1) is 5.92 Å². The van der Waals surface area contributed by atoms with Crippen molar-refractivity contribution in [3.63, 3.8) is 0 Å². The number of piperidine rings is 1. The molecular formula is C15H24N4S. The molecule has 0 amide bonds. The fourth-order valence-corrected chi connectivity index (χ4v) is 3.69. The average Bonchev–Trinajstić information content (AvgIpc) is 3.09. The molecule has 110 valence electrons. The van der Waals surface area contributed by atoms with Gasteiger partial charge >= 0.3 is 0 Å². The summed E-state index contributed by atoms with van der Waals surface area (Å²) in [6.45, 7) is 3.06. The van der Waals surface area contributed by atoms with Crippen molar-refractivity contribution in [2.45, 2.75) is 51.1 Å². The van der Waals surface area contributed by atoms with Crippen molar-refractivity contribution in [1.29, 1.82) is 0 Å². The van der Waals surface area contributed by atoms with Gasteiger partial charge in [-0.2, -0.15) is 5.10 Å². The van der Waals surface area contributed by atoms with Crippen LogP contribution in [0.1, 0.15) is 50.3 Å². The molecule has 2 heterocycles. The summed E-state index contributed by atoms with van der Waals surface area (Å²) in [7, 11) is 0. The molecule has 20 heavy (non-hydrogen) atoms.